The molecule has 3 rings (SSSR count). The summed E-state index contributed by atoms with van der Waals surface area (Å²) in [5.74, 6) is 0.616. The van der Waals surface area contributed by atoms with Crippen molar-refractivity contribution >= 4 is 33.2 Å². The first-order chi connectivity index (χ1) is 12.9. The molecule has 1 heterocycles. The molecule has 0 N–H and O–H groups in total. The summed E-state index contributed by atoms with van der Waals surface area (Å²) in [5, 5.41) is 10.8. The highest BCUT2D eigenvalue weighted by atomic mass is 79.9. The summed E-state index contributed by atoms with van der Waals surface area (Å²) in [4.78, 5) is 26.9. The summed E-state index contributed by atoms with van der Waals surface area (Å²) in [5.41, 5.74) is 0.998. The van der Waals surface area contributed by atoms with Gasteiger partial charge in [0.15, 0.2) is 6.10 Å². The van der Waals surface area contributed by atoms with Crippen molar-refractivity contribution in [3.05, 3.63) is 63.1 Å². The van der Waals surface area contributed by atoms with Gasteiger partial charge >= 0.3 is 0 Å². The van der Waals surface area contributed by atoms with Gasteiger partial charge in [0.2, 0.25) is 0 Å². The Kier molecular flexibility index (Phi) is 5.95. The monoisotopic (exact) mass is 433 g/mol. The second-order valence-corrected chi connectivity index (χ2v) is 7.22. The third-order valence-electron chi connectivity index (χ3n) is 4.49. The highest BCUT2D eigenvalue weighted by molar-refractivity contribution is 9.10. The summed E-state index contributed by atoms with van der Waals surface area (Å²) < 4.78 is 6.70. The zero-order chi connectivity index (χ0) is 19.4. The van der Waals surface area contributed by atoms with Crippen LogP contribution in [0.4, 0.5) is 11.4 Å². The minimum absolute atomic E-state index is 0.0405. The molecule has 7 nitrogen and oxygen atoms in total. The van der Waals surface area contributed by atoms with Gasteiger partial charge in [-0.05, 0) is 43.3 Å². The maximum absolute atomic E-state index is 12.6. The summed E-state index contributed by atoms with van der Waals surface area (Å²) in [7, 11) is 0. The zero-order valence-electron chi connectivity index (χ0n) is 14.9. The van der Waals surface area contributed by atoms with E-state index in [0.717, 1.165) is 10.2 Å². The Morgan fingerprint density at radius 3 is 2.22 bits per heavy atom. The fourth-order valence-corrected chi connectivity index (χ4v) is 3.26. The molecule has 0 unspecified atom stereocenters. The quantitative estimate of drug-likeness (QED) is 0.532. The molecule has 0 radical (unpaired) electrons. The highest BCUT2D eigenvalue weighted by Gasteiger charge is 2.26. The number of nitro benzene ring substituents is 1. The van der Waals surface area contributed by atoms with Gasteiger partial charge < -0.3 is 14.5 Å². The number of hydrogen-bond donors (Lipinski definition) is 0. The Labute approximate surface area is 165 Å². The van der Waals surface area contributed by atoms with E-state index in [1.807, 2.05) is 24.3 Å². The van der Waals surface area contributed by atoms with Gasteiger partial charge in [0, 0.05) is 48.5 Å². The standard InChI is InChI=1S/C19H20BrN3O4/c1-14(27-18-8-2-15(20)3-9-18)19(24)22-12-10-21(11-13-22)16-4-6-17(7-5-16)23(25)26/h2-9,14H,10-13H2,1H3/t14-/m1/s1. The summed E-state index contributed by atoms with van der Waals surface area (Å²) in [6.45, 7) is 4.28. The van der Waals surface area contributed by atoms with Crippen molar-refractivity contribution in [3.8, 4) is 5.75 Å². The molecule has 2 aromatic carbocycles. The van der Waals surface area contributed by atoms with Crippen LogP contribution in [0.15, 0.2) is 53.0 Å². The number of carbonyl (C=O) groups is 1. The minimum Gasteiger partial charge on any atom is -0.481 e. The number of non-ortho nitro benzene ring substituents is 1. The maximum Gasteiger partial charge on any atom is 0.269 e. The Bertz CT molecular complexity index is 803. The third-order valence-corrected chi connectivity index (χ3v) is 5.02. The molecule has 8 heteroatoms. The largest absolute Gasteiger partial charge is 0.481 e. The first-order valence-electron chi connectivity index (χ1n) is 8.64. The molecule has 1 fully saturated rings. The van der Waals surface area contributed by atoms with E-state index in [-0.39, 0.29) is 11.6 Å². The third kappa shape index (κ3) is 4.77. The number of anilines is 1. The number of benzene rings is 2. The van der Waals surface area contributed by atoms with Crippen LogP contribution >= 0.6 is 15.9 Å². The van der Waals surface area contributed by atoms with Gasteiger partial charge in [0.05, 0.1) is 4.92 Å². The zero-order valence-corrected chi connectivity index (χ0v) is 16.5. The number of nitrogens with zero attached hydrogens (tertiary/aromatic N) is 3. The molecule has 1 amide bonds. The predicted octanol–water partition coefficient (Wildman–Crippen LogP) is 3.47. The Hall–Kier alpha value is -2.61. The lowest BCUT2D eigenvalue weighted by Crippen LogP contribution is -2.52. The first kappa shape index (κ1) is 19.2. The van der Waals surface area contributed by atoms with Crippen LogP contribution < -0.4 is 9.64 Å². The van der Waals surface area contributed by atoms with E-state index in [2.05, 4.69) is 20.8 Å². The normalized spacial score (nSPS) is 15.3. The van der Waals surface area contributed by atoms with Crippen molar-refractivity contribution in [1.82, 2.24) is 4.90 Å². The molecule has 142 valence electrons. The van der Waals surface area contributed by atoms with E-state index >= 15 is 0 Å². The summed E-state index contributed by atoms with van der Waals surface area (Å²) in [6, 6.07) is 13.9. The number of rotatable bonds is 5. The van der Waals surface area contributed by atoms with E-state index in [4.69, 9.17) is 4.74 Å². The molecule has 27 heavy (non-hydrogen) atoms. The van der Waals surface area contributed by atoms with Crippen LogP contribution in [0.25, 0.3) is 0 Å². The van der Waals surface area contributed by atoms with Crippen LogP contribution in [0.5, 0.6) is 5.75 Å². The number of amides is 1. The fraction of sp³-hybridized carbons (Fsp3) is 0.316. The van der Waals surface area contributed by atoms with Gasteiger partial charge in [-0.15, -0.1) is 0 Å². The van der Waals surface area contributed by atoms with Crippen molar-refractivity contribution in [1.29, 1.82) is 0 Å². The average molecular weight is 434 g/mol. The molecule has 0 saturated carbocycles. The number of piperazine rings is 1. The molecule has 1 aliphatic heterocycles. The second-order valence-electron chi connectivity index (χ2n) is 6.30. The predicted molar refractivity (Wildman–Crippen MR) is 106 cm³/mol. The maximum atomic E-state index is 12.6. The van der Waals surface area contributed by atoms with Crippen molar-refractivity contribution < 1.29 is 14.5 Å². The smallest absolute Gasteiger partial charge is 0.269 e. The van der Waals surface area contributed by atoms with Crippen molar-refractivity contribution in [2.45, 2.75) is 13.0 Å². The van der Waals surface area contributed by atoms with Crippen molar-refractivity contribution in [3.63, 3.8) is 0 Å². The van der Waals surface area contributed by atoms with Gasteiger partial charge in [-0.25, -0.2) is 0 Å². The Morgan fingerprint density at radius 2 is 1.67 bits per heavy atom. The van der Waals surface area contributed by atoms with Crippen LogP contribution in [0.3, 0.4) is 0 Å². The lowest BCUT2D eigenvalue weighted by molar-refractivity contribution is -0.384. The van der Waals surface area contributed by atoms with E-state index in [0.29, 0.717) is 31.9 Å². The van der Waals surface area contributed by atoms with Crippen LogP contribution in [-0.4, -0.2) is 48.0 Å². The molecule has 2 aromatic rings. The van der Waals surface area contributed by atoms with E-state index in [9.17, 15) is 14.9 Å². The molecule has 0 bridgehead atoms. The molecule has 1 aliphatic rings. The lowest BCUT2D eigenvalue weighted by atomic mass is 10.2. The van der Waals surface area contributed by atoms with Gasteiger partial charge in [0.1, 0.15) is 5.75 Å². The van der Waals surface area contributed by atoms with Crippen LogP contribution in [0.2, 0.25) is 0 Å². The fourth-order valence-electron chi connectivity index (χ4n) is 3.00. The Morgan fingerprint density at radius 1 is 1.07 bits per heavy atom. The van der Waals surface area contributed by atoms with E-state index in [1.54, 1.807) is 24.0 Å². The van der Waals surface area contributed by atoms with Gasteiger partial charge in [-0.1, -0.05) is 15.9 Å². The average Bonchev–Trinajstić information content (AvgIpc) is 2.69. The minimum atomic E-state index is -0.558. The molecule has 0 aromatic heterocycles. The number of carbonyl (C=O) groups excluding carboxylic acids is 1. The number of hydrogen-bond acceptors (Lipinski definition) is 5. The number of nitro groups is 1. The van der Waals surface area contributed by atoms with Gasteiger partial charge in [-0.3, -0.25) is 14.9 Å². The molecule has 0 spiro atoms. The molecule has 0 aliphatic carbocycles. The van der Waals surface area contributed by atoms with E-state index < -0.39 is 11.0 Å². The number of ether oxygens (including phenoxy) is 1. The van der Waals surface area contributed by atoms with Gasteiger partial charge in [-0.2, -0.15) is 0 Å². The van der Waals surface area contributed by atoms with E-state index in [1.165, 1.54) is 12.1 Å². The molecule has 1 saturated heterocycles. The summed E-state index contributed by atoms with van der Waals surface area (Å²) in [6.07, 6.45) is -0.558. The first-order valence-corrected chi connectivity index (χ1v) is 9.44. The number of halogens is 1. The topological polar surface area (TPSA) is 75.9 Å². The second kappa shape index (κ2) is 8.39. The van der Waals surface area contributed by atoms with Crippen LogP contribution in [-0.2, 0) is 4.79 Å². The Balaban J connectivity index is 1.54. The molecule has 1 atom stereocenters. The summed E-state index contributed by atoms with van der Waals surface area (Å²) >= 11 is 3.37. The van der Waals surface area contributed by atoms with Crippen LogP contribution in [0.1, 0.15) is 6.92 Å². The molecular weight excluding hydrogens is 414 g/mol. The van der Waals surface area contributed by atoms with Crippen molar-refractivity contribution in [2.75, 3.05) is 31.1 Å². The van der Waals surface area contributed by atoms with Crippen molar-refractivity contribution in [2.24, 2.45) is 0 Å². The molecular formula is C19H20BrN3O4. The lowest BCUT2D eigenvalue weighted by Gasteiger charge is -2.37. The van der Waals surface area contributed by atoms with Gasteiger partial charge in [0.25, 0.3) is 11.6 Å². The highest BCUT2D eigenvalue weighted by Crippen LogP contribution is 2.21. The van der Waals surface area contributed by atoms with Crippen LogP contribution in [0, 0.1) is 10.1 Å². The SMILES string of the molecule is C[C@@H](Oc1ccc(Br)cc1)C(=O)N1CCN(c2ccc([N+](=O)[O-])cc2)CC1.